The maximum atomic E-state index is 10.3. The van der Waals surface area contributed by atoms with Crippen molar-refractivity contribution in [2.75, 3.05) is 0 Å². The minimum absolute atomic E-state index is 0.638. The summed E-state index contributed by atoms with van der Waals surface area (Å²) in [5.41, 5.74) is 1.28. The lowest BCUT2D eigenvalue weighted by molar-refractivity contribution is -0.107. The minimum Gasteiger partial charge on any atom is -0.303 e. The van der Waals surface area contributed by atoms with Crippen molar-refractivity contribution in [3.05, 3.63) is 46.4 Å². The van der Waals surface area contributed by atoms with Crippen LogP contribution in [0, 0.1) is 0 Å². The van der Waals surface area contributed by atoms with Crippen LogP contribution in [0.3, 0.4) is 0 Å². The van der Waals surface area contributed by atoms with E-state index < -0.39 is 0 Å². The first-order valence-electron chi connectivity index (χ1n) is 5.42. The van der Waals surface area contributed by atoms with Crippen molar-refractivity contribution in [1.29, 1.82) is 0 Å². The number of aldehydes is 1. The average Bonchev–Trinajstić information content (AvgIpc) is 2.33. The van der Waals surface area contributed by atoms with Gasteiger partial charge in [-0.3, -0.25) is 0 Å². The Morgan fingerprint density at radius 2 is 1.94 bits per heavy atom. The van der Waals surface area contributed by atoms with E-state index in [9.17, 15) is 4.79 Å². The van der Waals surface area contributed by atoms with Gasteiger partial charge >= 0.3 is 0 Å². The van der Waals surface area contributed by atoms with Crippen LogP contribution in [0.1, 0.15) is 18.4 Å². The van der Waals surface area contributed by atoms with Gasteiger partial charge in [0.1, 0.15) is 6.29 Å². The van der Waals surface area contributed by atoms with Gasteiger partial charge in [-0.25, -0.2) is 0 Å². The lowest BCUT2D eigenvalue weighted by atomic mass is 10.0. The van der Waals surface area contributed by atoms with Crippen LogP contribution in [-0.2, 0) is 11.2 Å². The van der Waals surface area contributed by atoms with Crippen LogP contribution in [0.5, 0.6) is 0 Å². The van der Waals surface area contributed by atoms with E-state index in [-0.39, 0.29) is 0 Å². The molecule has 2 aromatic carbocycles. The summed E-state index contributed by atoms with van der Waals surface area (Å²) < 4.78 is 1.16. The number of rotatable bonds is 4. The number of hydrogen-bond acceptors (Lipinski definition) is 1. The van der Waals surface area contributed by atoms with Crippen LogP contribution in [0.2, 0.25) is 0 Å². The summed E-state index contributed by atoms with van der Waals surface area (Å²) in [4.78, 5) is 10.3. The average molecular weight is 277 g/mol. The largest absolute Gasteiger partial charge is 0.303 e. The number of aryl methyl sites for hydroxylation is 1. The van der Waals surface area contributed by atoms with E-state index in [0.717, 1.165) is 23.6 Å². The molecule has 0 radical (unpaired) electrons. The fraction of sp³-hybridized carbons (Fsp3) is 0.214. The molecule has 0 aromatic heterocycles. The predicted molar refractivity (Wildman–Crippen MR) is 70.7 cm³/mol. The minimum atomic E-state index is 0.638. The Hall–Kier alpha value is -1.15. The standard InChI is InChI=1S/C14H13BrO/c15-14-12(6-3-4-10-16)9-8-11-5-1-2-7-13(11)14/h1-2,5,7-10H,3-4,6H2. The zero-order chi connectivity index (χ0) is 11.4. The number of unbranched alkanes of at least 4 members (excludes halogenated alkanes) is 1. The van der Waals surface area contributed by atoms with Crippen LogP contribution < -0.4 is 0 Å². The zero-order valence-electron chi connectivity index (χ0n) is 8.95. The SMILES string of the molecule is O=CCCCc1ccc2ccccc2c1Br. The molecule has 0 saturated heterocycles. The van der Waals surface area contributed by atoms with E-state index in [1.54, 1.807) is 0 Å². The lowest BCUT2D eigenvalue weighted by Gasteiger charge is -2.07. The van der Waals surface area contributed by atoms with Gasteiger partial charge < -0.3 is 4.79 Å². The molecule has 0 atom stereocenters. The molecule has 0 N–H and O–H groups in total. The van der Waals surface area contributed by atoms with Gasteiger partial charge in [0.15, 0.2) is 0 Å². The number of halogens is 1. The van der Waals surface area contributed by atoms with E-state index in [2.05, 4.69) is 40.2 Å². The molecule has 0 heterocycles. The van der Waals surface area contributed by atoms with Crippen molar-refractivity contribution in [2.24, 2.45) is 0 Å². The third kappa shape index (κ3) is 2.33. The third-order valence-electron chi connectivity index (χ3n) is 2.71. The van der Waals surface area contributed by atoms with Crippen LogP contribution in [0.4, 0.5) is 0 Å². The Morgan fingerprint density at radius 1 is 1.12 bits per heavy atom. The Bertz CT molecular complexity index is 505. The molecular formula is C14H13BrO. The molecule has 1 nitrogen and oxygen atoms in total. The third-order valence-corrected chi connectivity index (χ3v) is 3.65. The molecule has 0 aliphatic rings. The topological polar surface area (TPSA) is 17.1 Å². The van der Waals surface area contributed by atoms with Crippen molar-refractivity contribution < 1.29 is 4.79 Å². The molecule has 0 amide bonds. The van der Waals surface area contributed by atoms with Gasteiger partial charge in [0.05, 0.1) is 0 Å². The summed E-state index contributed by atoms with van der Waals surface area (Å²) in [6.07, 6.45) is 3.48. The maximum Gasteiger partial charge on any atom is 0.120 e. The summed E-state index contributed by atoms with van der Waals surface area (Å²) in [5.74, 6) is 0. The molecule has 0 aliphatic carbocycles. The summed E-state index contributed by atoms with van der Waals surface area (Å²) in [6.45, 7) is 0. The molecule has 0 saturated carbocycles. The van der Waals surface area contributed by atoms with Crippen LogP contribution in [0.15, 0.2) is 40.9 Å². The lowest BCUT2D eigenvalue weighted by Crippen LogP contribution is -1.89. The highest BCUT2D eigenvalue weighted by Crippen LogP contribution is 2.28. The van der Waals surface area contributed by atoms with Gasteiger partial charge in [-0.2, -0.15) is 0 Å². The van der Waals surface area contributed by atoms with Gasteiger partial charge in [0, 0.05) is 10.9 Å². The normalized spacial score (nSPS) is 10.6. The highest BCUT2D eigenvalue weighted by molar-refractivity contribution is 9.10. The summed E-state index contributed by atoms with van der Waals surface area (Å²) in [7, 11) is 0. The Labute approximate surface area is 104 Å². The Balaban J connectivity index is 2.33. The molecule has 82 valence electrons. The summed E-state index contributed by atoms with van der Waals surface area (Å²) in [5, 5.41) is 2.49. The molecular weight excluding hydrogens is 264 g/mol. The highest BCUT2D eigenvalue weighted by Gasteiger charge is 2.03. The second-order valence-corrected chi connectivity index (χ2v) is 4.61. The van der Waals surface area contributed by atoms with E-state index in [0.29, 0.717) is 6.42 Å². The summed E-state index contributed by atoms with van der Waals surface area (Å²) >= 11 is 3.65. The first-order chi connectivity index (χ1) is 7.83. The Morgan fingerprint density at radius 3 is 2.75 bits per heavy atom. The predicted octanol–water partition coefficient (Wildman–Crippen LogP) is 4.12. The molecule has 0 aliphatic heterocycles. The van der Waals surface area contributed by atoms with Gasteiger partial charge in [-0.05, 0) is 45.1 Å². The van der Waals surface area contributed by atoms with Crippen molar-refractivity contribution >= 4 is 33.0 Å². The number of benzene rings is 2. The van der Waals surface area contributed by atoms with Crippen LogP contribution in [0.25, 0.3) is 10.8 Å². The van der Waals surface area contributed by atoms with Crippen LogP contribution >= 0.6 is 15.9 Å². The quantitative estimate of drug-likeness (QED) is 0.606. The van der Waals surface area contributed by atoms with Crippen molar-refractivity contribution in [1.82, 2.24) is 0 Å². The van der Waals surface area contributed by atoms with Crippen LogP contribution in [-0.4, -0.2) is 6.29 Å². The molecule has 0 fully saturated rings. The first kappa shape index (κ1) is 11.3. The number of hydrogen-bond donors (Lipinski definition) is 0. The zero-order valence-corrected chi connectivity index (χ0v) is 10.5. The Kier molecular flexibility index (Phi) is 3.73. The van der Waals surface area contributed by atoms with E-state index >= 15 is 0 Å². The molecule has 2 rings (SSSR count). The highest BCUT2D eigenvalue weighted by atomic mass is 79.9. The first-order valence-corrected chi connectivity index (χ1v) is 6.22. The van der Waals surface area contributed by atoms with Gasteiger partial charge in [-0.15, -0.1) is 0 Å². The fourth-order valence-electron chi connectivity index (χ4n) is 1.85. The van der Waals surface area contributed by atoms with Crippen molar-refractivity contribution in [3.63, 3.8) is 0 Å². The smallest absolute Gasteiger partial charge is 0.120 e. The fourth-order valence-corrected chi connectivity index (χ4v) is 2.54. The number of fused-ring (bicyclic) bond motifs is 1. The maximum absolute atomic E-state index is 10.3. The van der Waals surface area contributed by atoms with Crippen molar-refractivity contribution in [2.45, 2.75) is 19.3 Å². The molecule has 16 heavy (non-hydrogen) atoms. The van der Waals surface area contributed by atoms with E-state index in [4.69, 9.17) is 0 Å². The number of carbonyl (C=O) groups is 1. The van der Waals surface area contributed by atoms with Crippen molar-refractivity contribution in [3.8, 4) is 0 Å². The summed E-state index contributed by atoms with van der Waals surface area (Å²) in [6, 6.07) is 12.6. The molecule has 0 unspecified atom stereocenters. The van der Waals surface area contributed by atoms with E-state index in [1.807, 2.05) is 12.1 Å². The number of carbonyl (C=O) groups excluding carboxylic acids is 1. The van der Waals surface area contributed by atoms with Gasteiger partial charge in [0.2, 0.25) is 0 Å². The second-order valence-electron chi connectivity index (χ2n) is 3.82. The molecule has 0 bridgehead atoms. The van der Waals surface area contributed by atoms with Gasteiger partial charge in [-0.1, -0.05) is 36.4 Å². The molecule has 2 heteroatoms. The molecule has 0 spiro atoms. The molecule has 2 aromatic rings. The van der Waals surface area contributed by atoms with Gasteiger partial charge in [0.25, 0.3) is 0 Å². The monoisotopic (exact) mass is 276 g/mol. The van der Waals surface area contributed by atoms with E-state index in [1.165, 1.54) is 16.3 Å². The second kappa shape index (κ2) is 5.26.